The second-order valence-electron chi connectivity index (χ2n) is 5.90. The maximum atomic E-state index is 12.8. The molecule has 0 aliphatic rings. The Bertz CT molecular complexity index is 748. The molecular weight excluding hydrogens is 474 g/mol. The lowest BCUT2D eigenvalue weighted by Crippen LogP contribution is -2.37. The molecule has 2 aromatic rings. The second-order valence-corrected chi connectivity index (χ2v) is 5.90. The molecular formula is C17H23F3IN5O. The highest BCUT2D eigenvalue weighted by Gasteiger charge is 2.30. The monoisotopic (exact) mass is 497 g/mol. The van der Waals surface area contributed by atoms with Crippen molar-refractivity contribution in [1.29, 1.82) is 0 Å². The first-order valence-corrected chi connectivity index (χ1v) is 8.20. The summed E-state index contributed by atoms with van der Waals surface area (Å²) in [5.41, 5.74) is 0.0352. The SMILES string of the molecule is CN=C(NCCC(C)c1cccc(C(F)(F)F)c1)NCc1nc(C)no1.I. The Balaban J connectivity index is 0.00000364. The Kier molecular flexibility index (Phi) is 9.00. The van der Waals surface area contributed by atoms with E-state index >= 15 is 0 Å². The van der Waals surface area contributed by atoms with Crippen LogP contribution in [-0.4, -0.2) is 29.7 Å². The maximum absolute atomic E-state index is 12.8. The number of benzene rings is 1. The van der Waals surface area contributed by atoms with Crippen molar-refractivity contribution in [3.05, 3.63) is 47.1 Å². The average Bonchev–Trinajstić information content (AvgIpc) is 3.02. The van der Waals surface area contributed by atoms with Gasteiger partial charge in [0.15, 0.2) is 11.8 Å². The lowest BCUT2D eigenvalue weighted by Gasteiger charge is -2.16. The van der Waals surface area contributed by atoms with Crippen LogP contribution in [0.4, 0.5) is 13.2 Å². The van der Waals surface area contributed by atoms with Crippen LogP contribution < -0.4 is 10.6 Å². The average molecular weight is 497 g/mol. The molecule has 0 aliphatic heterocycles. The number of hydrogen-bond acceptors (Lipinski definition) is 4. The number of guanidine groups is 1. The number of aryl methyl sites for hydroxylation is 1. The Hall–Kier alpha value is -1.85. The van der Waals surface area contributed by atoms with E-state index in [4.69, 9.17) is 4.52 Å². The minimum Gasteiger partial charge on any atom is -0.356 e. The van der Waals surface area contributed by atoms with Crippen LogP contribution in [0, 0.1) is 6.92 Å². The molecule has 27 heavy (non-hydrogen) atoms. The highest BCUT2D eigenvalue weighted by atomic mass is 127. The Labute approximate surface area is 173 Å². The fourth-order valence-electron chi connectivity index (χ4n) is 2.39. The first kappa shape index (κ1) is 23.2. The van der Waals surface area contributed by atoms with Gasteiger partial charge in [-0.25, -0.2) is 0 Å². The van der Waals surface area contributed by atoms with Gasteiger partial charge in [0.1, 0.15) is 0 Å². The highest BCUT2D eigenvalue weighted by Crippen LogP contribution is 2.31. The quantitative estimate of drug-likeness (QED) is 0.360. The molecule has 0 spiro atoms. The molecule has 2 rings (SSSR count). The van der Waals surface area contributed by atoms with Crippen LogP contribution in [0.25, 0.3) is 0 Å². The normalized spacial score (nSPS) is 13.0. The van der Waals surface area contributed by atoms with Gasteiger partial charge in [0, 0.05) is 13.6 Å². The zero-order valence-corrected chi connectivity index (χ0v) is 17.6. The zero-order chi connectivity index (χ0) is 19.2. The van der Waals surface area contributed by atoms with E-state index in [2.05, 4.69) is 25.8 Å². The molecule has 1 aromatic heterocycles. The Morgan fingerprint density at radius 2 is 2.04 bits per heavy atom. The number of aliphatic imine (C=N–C) groups is 1. The molecule has 0 saturated carbocycles. The number of aromatic nitrogens is 2. The first-order chi connectivity index (χ1) is 12.3. The van der Waals surface area contributed by atoms with Crippen LogP contribution in [0.2, 0.25) is 0 Å². The van der Waals surface area contributed by atoms with Crippen LogP contribution in [-0.2, 0) is 12.7 Å². The number of nitrogens with zero attached hydrogens (tertiary/aromatic N) is 3. The van der Waals surface area contributed by atoms with E-state index < -0.39 is 11.7 Å². The van der Waals surface area contributed by atoms with Gasteiger partial charge in [-0.05, 0) is 30.9 Å². The van der Waals surface area contributed by atoms with Crippen molar-refractivity contribution in [3.8, 4) is 0 Å². The van der Waals surface area contributed by atoms with Gasteiger partial charge in [0.2, 0.25) is 5.89 Å². The topological polar surface area (TPSA) is 75.3 Å². The van der Waals surface area contributed by atoms with Crippen molar-refractivity contribution in [2.45, 2.75) is 38.9 Å². The molecule has 1 heterocycles. The molecule has 1 unspecified atom stereocenters. The number of hydrogen-bond donors (Lipinski definition) is 2. The van der Waals surface area contributed by atoms with Gasteiger partial charge in [-0.15, -0.1) is 24.0 Å². The summed E-state index contributed by atoms with van der Waals surface area (Å²) in [4.78, 5) is 8.16. The third-order valence-corrected chi connectivity index (χ3v) is 3.85. The van der Waals surface area contributed by atoms with Gasteiger partial charge in [-0.3, -0.25) is 4.99 Å². The van der Waals surface area contributed by atoms with Gasteiger partial charge in [-0.1, -0.05) is 30.3 Å². The summed E-state index contributed by atoms with van der Waals surface area (Å²) in [5.74, 6) is 1.53. The first-order valence-electron chi connectivity index (χ1n) is 8.20. The Morgan fingerprint density at radius 1 is 1.30 bits per heavy atom. The van der Waals surface area contributed by atoms with Crippen LogP contribution >= 0.6 is 24.0 Å². The summed E-state index contributed by atoms with van der Waals surface area (Å²) in [6.07, 6.45) is -3.67. The van der Waals surface area contributed by atoms with E-state index in [0.717, 1.165) is 6.07 Å². The third-order valence-electron chi connectivity index (χ3n) is 3.85. The van der Waals surface area contributed by atoms with Gasteiger partial charge in [0.05, 0.1) is 12.1 Å². The molecule has 0 radical (unpaired) electrons. The van der Waals surface area contributed by atoms with E-state index in [1.807, 2.05) is 6.92 Å². The number of halogens is 4. The smallest absolute Gasteiger partial charge is 0.356 e. The molecule has 0 bridgehead atoms. The molecule has 0 amide bonds. The maximum Gasteiger partial charge on any atom is 0.416 e. The summed E-state index contributed by atoms with van der Waals surface area (Å²) in [6.45, 7) is 4.52. The highest BCUT2D eigenvalue weighted by molar-refractivity contribution is 14.0. The van der Waals surface area contributed by atoms with Crippen LogP contribution in [0.15, 0.2) is 33.8 Å². The molecule has 0 fully saturated rings. The van der Waals surface area contributed by atoms with Gasteiger partial charge >= 0.3 is 6.18 Å². The number of rotatable bonds is 6. The standard InChI is InChI=1S/C17H22F3N5O.HI/c1-11(13-5-4-6-14(9-13)17(18,19)20)7-8-22-16(21-3)23-10-15-24-12(2)25-26-15;/h4-6,9,11H,7-8,10H2,1-3H3,(H2,21,22,23);1H. The molecule has 10 heteroatoms. The molecule has 150 valence electrons. The molecule has 0 aliphatic carbocycles. The van der Waals surface area contributed by atoms with Crippen LogP contribution in [0.5, 0.6) is 0 Å². The lowest BCUT2D eigenvalue weighted by atomic mass is 9.96. The predicted molar refractivity (Wildman–Crippen MR) is 107 cm³/mol. The van der Waals surface area contributed by atoms with Crippen molar-refractivity contribution in [2.24, 2.45) is 4.99 Å². The fourth-order valence-corrected chi connectivity index (χ4v) is 2.39. The van der Waals surface area contributed by atoms with Gasteiger partial charge < -0.3 is 15.2 Å². The molecule has 2 N–H and O–H groups in total. The summed E-state index contributed by atoms with van der Waals surface area (Å²) >= 11 is 0. The molecule has 6 nitrogen and oxygen atoms in total. The summed E-state index contributed by atoms with van der Waals surface area (Å²) in [6, 6.07) is 5.44. The van der Waals surface area contributed by atoms with Gasteiger partial charge in [-0.2, -0.15) is 18.2 Å². The minimum absolute atomic E-state index is 0. The van der Waals surface area contributed by atoms with E-state index in [1.165, 1.54) is 12.1 Å². The Morgan fingerprint density at radius 3 is 2.63 bits per heavy atom. The van der Waals surface area contributed by atoms with E-state index in [0.29, 0.717) is 42.7 Å². The van der Waals surface area contributed by atoms with Crippen LogP contribution in [0.1, 0.15) is 42.1 Å². The zero-order valence-electron chi connectivity index (χ0n) is 15.3. The summed E-state index contributed by atoms with van der Waals surface area (Å²) in [7, 11) is 1.63. The van der Waals surface area contributed by atoms with Crippen molar-refractivity contribution < 1.29 is 17.7 Å². The molecule has 1 atom stereocenters. The van der Waals surface area contributed by atoms with E-state index in [9.17, 15) is 13.2 Å². The second kappa shape index (κ2) is 10.5. The van der Waals surface area contributed by atoms with Gasteiger partial charge in [0.25, 0.3) is 0 Å². The molecule has 1 aromatic carbocycles. The van der Waals surface area contributed by atoms with Crippen molar-refractivity contribution >= 4 is 29.9 Å². The van der Waals surface area contributed by atoms with Crippen molar-refractivity contribution in [1.82, 2.24) is 20.8 Å². The third kappa shape index (κ3) is 7.35. The summed E-state index contributed by atoms with van der Waals surface area (Å²) < 4.78 is 43.4. The van der Waals surface area contributed by atoms with E-state index in [-0.39, 0.29) is 29.9 Å². The lowest BCUT2D eigenvalue weighted by molar-refractivity contribution is -0.137. The fraction of sp³-hybridized carbons (Fsp3) is 0.471. The number of alkyl halides is 3. The predicted octanol–water partition coefficient (Wildman–Crippen LogP) is 3.87. The van der Waals surface area contributed by atoms with Crippen molar-refractivity contribution in [3.63, 3.8) is 0 Å². The van der Waals surface area contributed by atoms with Crippen LogP contribution in [0.3, 0.4) is 0 Å². The number of nitrogens with one attached hydrogen (secondary N) is 2. The summed E-state index contributed by atoms with van der Waals surface area (Å²) in [5, 5.41) is 9.85. The molecule has 0 saturated heterocycles. The van der Waals surface area contributed by atoms with E-state index in [1.54, 1.807) is 20.0 Å². The minimum atomic E-state index is -4.33. The largest absolute Gasteiger partial charge is 0.416 e. The van der Waals surface area contributed by atoms with Crippen molar-refractivity contribution in [2.75, 3.05) is 13.6 Å².